The van der Waals surface area contributed by atoms with Crippen molar-refractivity contribution in [2.24, 2.45) is 9.98 Å². The zero-order valence-electron chi connectivity index (χ0n) is 16.6. The van der Waals surface area contributed by atoms with Gasteiger partial charge in [-0.3, -0.25) is 0 Å². The lowest BCUT2D eigenvalue weighted by Crippen LogP contribution is -2.60. The van der Waals surface area contributed by atoms with Crippen LogP contribution in [0.25, 0.3) is 0 Å². The summed E-state index contributed by atoms with van der Waals surface area (Å²) in [5.74, 6) is -0.816. The molecule has 2 aliphatic rings. The van der Waals surface area contributed by atoms with Gasteiger partial charge in [0.15, 0.2) is 0 Å². The van der Waals surface area contributed by atoms with Crippen molar-refractivity contribution < 1.29 is 26.3 Å². The number of amidine groups is 2. The number of hydrogen-bond acceptors (Lipinski definition) is 3. The molecule has 1 heterocycles. The molecule has 4 rings (SSSR count). The van der Waals surface area contributed by atoms with E-state index < -0.39 is 29.7 Å². The van der Waals surface area contributed by atoms with E-state index in [9.17, 15) is 26.3 Å². The van der Waals surface area contributed by atoms with Crippen LogP contribution in [-0.2, 0) is 0 Å². The number of rotatable bonds is 3. The van der Waals surface area contributed by atoms with Crippen molar-refractivity contribution in [2.75, 3.05) is 0 Å². The molecule has 32 heavy (non-hydrogen) atoms. The van der Waals surface area contributed by atoms with Gasteiger partial charge in [0.05, 0.1) is 0 Å². The van der Waals surface area contributed by atoms with Crippen LogP contribution in [0.15, 0.2) is 64.6 Å². The highest BCUT2D eigenvalue weighted by atomic mass is 35.5. The molecule has 2 aromatic carbocycles. The molecular formula is C22H18ClF6N3. The second-order valence-electron chi connectivity index (χ2n) is 7.72. The first-order chi connectivity index (χ1) is 15.0. The number of alkyl halides is 6. The minimum Gasteiger partial charge on any atom is -0.307 e. The first kappa shape index (κ1) is 22.6. The highest BCUT2D eigenvalue weighted by molar-refractivity contribution is 6.30. The lowest BCUT2D eigenvalue weighted by Gasteiger charge is -2.42. The van der Waals surface area contributed by atoms with Crippen LogP contribution < -0.4 is 0 Å². The van der Waals surface area contributed by atoms with Gasteiger partial charge in [-0.25, -0.2) is 9.98 Å². The highest BCUT2D eigenvalue weighted by Crippen LogP contribution is 2.50. The van der Waals surface area contributed by atoms with Gasteiger partial charge in [0, 0.05) is 22.2 Å². The van der Waals surface area contributed by atoms with E-state index in [1.165, 1.54) is 41.3 Å². The second-order valence-corrected chi connectivity index (χ2v) is 8.16. The molecule has 0 aromatic heterocycles. The van der Waals surface area contributed by atoms with Crippen LogP contribution in [0.5, 0.6) is 0 Å². The van der Waals surface area contributed by atoms with E-state index in [1.807, 2.05) is 0 Å². The molecule has 1 aliphatic carbocycles. The van der Waals surface area contributed by atoms with E-state index in [-0.39, 0.29) is 17.2 Å². The lowest BCUT2D eigenvalue weighted by atomic mass is 10.0. The highest BCUT2D eigenvalue weighted by Gasteiger charge is 2.74. The Morgan fingerprint density at radius 3 is 1.69 bits per heavy atom. The van der Waals surface area contributed by atoms with Crippen LogP contribution in [0.2, 0.25) is 5.02 Å². The van der Waals surface area contributed by atoms with Crippen molar-refractivity contribution in [2.45, 2.75) is 49.7 Å². The summed E-state index contributed by atoms with van der Waals surface area (Å²) in [6.45, 7) is 0. The van der Waals surface area contributed by atoms with Gasteiger partial charge in [0.2, 0.25) is 0 Å². The summed E-state index contributed by atoms with van der Waals surface area (Å²) in [5.41, 5.74) is -4.36. The predicted octanol–water partition coefficient (Wildman–Crippen LogP) is 6.61. The maximum absolute atomic E-state index is 14.1. The smallest absolute Gasteiger partial charge is 0.307 e. The minimum absolute atomic E-state index is 0.0995. The standard InChI is InChI=1S/C22H18ClF6N3/c23-16-12-10-15(11-13-16)19-31-20(21(24,25)26,22(27,28)29)30-18(14-6-2-1-3-7-14)32(19)17-8-4-5-9-17/h1-3,6-7,10-13,17H,4-5,8-9H2. The quantitative estimate of drug-likeness (QED) is 0.461. The molecule has 0 unspecified atom stereocenters. The fourth-order valence-electron chi connectivity index (χ4n) is 4.06. The minimum atomic E-state index is -5.80. The molecule has 0 N–H and O–H groups in total. The molecule has 0 bridgehead atoms. The van der Waals surface area contributed by atoms with Gasteiger partial charge in [-0.2, -0.15) is 26.3 Å². The van der Waals surface area contributed by atoms with Crippen molar-refractivity contribution in [1.82, 2.24) is 4.90 Å². The normalized spacial score (nSPS) is 19.7. The number of benzene rings is 2. The summed E-state index contributed by atoms with van der Waals surface area (Å²) in [6, 6.07) is 12.8. The third kappa shape index (κ3) is 3.87. The van der Waals surface area contributed by atoms with Crippen LogP contribution in [-0.4, -0.2) is 40.6 Å². The van der Waals surface area contributed by atoms with Gasteiger partial charge in [0.25, 0.3) is 0 Å². The Morgan fingerprint density at radius 1 is 0.750 bits per heavy atom. The maximum atomic E-state index is 14.1. The zero-order valence-corrected chi connectivity index (χ0v) is 17.3. The van der Waals surface area contributed by atoms with Gasteiger partial charge in [-0.1, -0.05) is 54.8 Å². The first-order valence-corrected chi connectivity index (χ1v) is 10.3. The summed E-state index contributed by atoms with van der Waals surface area (Å²) < 4.78 is 84.4. The predicted molar refractivity (Wildman–Crippen MR) is 110 cm³/mol. The molecule has 0 spiro atoms. The first-order valence-electron chi connectivity index (χ1n) is 9.97. The molecule has 1 aliphatic heterocycles. The summed E-state index contributed by atoms with van der Waals surface area (Å²) in [6.07, 6.45) is -8.79. The molecule has 1 saturated carbocycles. The average molecular weight is 474 g/mol. The average Bonchev–Trinajstić information content (AvgIpc) is 3.27. The van der Waals surface area contributed by atoms with Gasteiger partial charge in [-0.05, 0) is 37.1 Å². The number of halogens is 7. The van der Waals surface area contributed by atoms with Crippen LogP contribution in [0.1, 0.15) is 36.8 Å². The van der Waals surface area contributed by atoms with Gasteiger partial charge in [0.1, 0.15) is 11.7 Å². The van der Waals surface area contributed by atoms with Gasteiger partial charge in [-0.15, -0.1) is 0 Å². The lowest BCUT2D eigenvalue weighted by molar-refractivity contribution is -0.293. The number of nitrogens with zero attached hydrogens (tertiary/aromatic N) is 3. The van der Waals surface area contributed by atoms with E-state index in [0.717, 1.165) is 12.8 Å². The fraction of sp³-hybridized carbons (Fsp3) is 0.364. The number of aliphatic imine (C=N–C) groups is 2. The van der Waals surface area contributed by atoms with E-state index >= 15 is 0 Å². The van der Waals surface area contributed by atoms with Crippen molar-refractivity contribution in [3.8, 4) is 0 Å². The Kier molecular flexibility index (Phi) is 5.73. The van der Waals surface area contributed by atoms with Crippen molar-refractivity contribution in [3.05, 3.63) is 70.7 Å². The summed E-state index contributed by atoms with van der Waals surface area (Å²) >= 11 is 5.90. The summed E-state index contributed by atoms with van der Waals surface area (Å²) in [7, 11) is 0. The Labute approximate surface area is 185 Å². The van der Waals surface area contributed by atoms with Crippen molar-refractivity contribution in [1.29, 1.82) is 0 Å². The van der Waals surface area contributed by atoms with Crippen molar-refractivity contribution in [3.63, 3.8) is 0 Å². The van der Waals surface area contributed by atoms with E-state index in [1.54, 1.807) is 18.2 Å². The van der Waals surface area contributed by atoms with Crippen LogP contribution in [0, 0.1) is 0 Å². The monoisotopic (exact) mass is 473 g/mol. The Hall–Kier alpha value is -2.55. The fourth-order valence-corrected chi connectivity index (χ4v) is 4.18. The molecule has 170 valence electrons. The third-order valence-electron chi connectivity index (χ3n) is 5.61. The molecule has 0 radical (unpaired) electrons. The van der Waals surface area contributed by atoms with Crippen molar-refractivity contribution >= 4 is 23.3 Å². The topological polar surface area (TPSA) is 28.0 Å². The van der Waals surface area contributed by atoms with Gasteiger partial charge < -0.3 is 4.90 Å². The third-order valence-corrected chi connectivity index (χ3v) is 5.86. The van der Waals surface area contributed by atoms with E-state index in [0.29, 0.717) is 17.9 Å². The second kappa shape index (κ2) is 8.10. The molecular weight excluding hydrogens is 456 g/mol. The largest absolute Gasteiger partial charge is 0.443 e. The maximum Gasteiger partial charge on any atom is 0.443 e. The molecule has 0 atom stereocenters. The molecule has 2 aromatic rings. The summed E-state index contributed by atoms with van der Waals surface area (Å²) in [4.78, 5) is 8.08. The molecule has 0 amide bonds. The SMILES string of the molecule is FC(F)(F)C1(C(F)(F)F)N=C(c2ccccc2)N(C2CCCC2)C(c2ccc(Cl)cc2)=N1. The Balaban J connectivity index is 2.03. The molecule has 10 heteroatoms. The van der Waals surface area contributed by atoms with Crippen LogP contribution in [0.3, 0.4) is 0 Å². The van der Waals surface area contributed by atoms with E-state index in [2.05, 4.69) is 9.98 Å². The van der Waals surface area contributed by atoms with Gasteiger partial charge >= 0.3 is 18.0 Å². The molecule has 1 fully saturated rings. The Bertz CT molecular complexity index is 1010. The van der Waals surface area contributed by atoms with Crippen LogP contribution in [0.4, 0.5) is 26.3 Å². The molecule has 3 nitrogen and oxygen atoms in total. The van der Waals surface area contributed by atoms with Crippen LogP contribution >= 0.6 is 11.6 Å². The van der Waals surface area contributed by atoms with E-state index in [4.69, 9.17) is 11.6 Å². The number of hydrogen-bond donors (Lipinski definition) is 0. The molecule has 0 saturated heterocycles. The Morgan fingerprint density at radius 2 is 1.22 bits per heavy atom. The zero-order chi connectivity index (χ0) is 23.1. The summed E-state index contributed by atoms with van der Waals surface area (Å²) in [5, 5.41) is 0.299.